The molecule has 1 aliphatic rings. The van der Waals surface area contributed by atoms with Gasteiger partial charge in [0.1, 0.15) is 17.6 Å². The van der Waals surface area contributed by atoms with Gasteiger partial charge in [0.25, 0.3) is 0 Å². The van der Waals surface area contributed by atoms with E-state index in [2.05, 4.69) is 52.8 Å². The number of rotatable bonds is 8. The fraction of sp³-hybridized carbons (Fsp3) is 0.281. The minimum Gasteiger partial charge on any atom is -0.383 e. The van der Waals surface area contributed by atoms with Gasteiger partial charge in [0.2, 0.25) is 0 Å². The molecule has 1 aliphatic carbocycles. The summed E-state index contributed by atoms with van der Waals surface area (Å²) in [5, 5.41) is 26.3. The number of hydrogen-bond acceptors (Lipinski definition) is 7. The summed E-state index contributed by atoms with van der Waals surface area (Å²) in [6, 6.07) is 14.4. The summed E-state index contributed by atoms with van der Waals surface area (Å²) in [6.45, 7) is 6.99. The van der Waals surface area contributed by atoms with Crippen LogP contribution in [-0.2, 0) is 0 Å². The van der Waals surface area contributed by atoms with Gasteiger partial charge in [-0.2, -0.15) is 5.26 Å². The van der Waals surface area contributed by atoms with Crippen LogP contribution in [0.2, 0.25) is 0 Å². The van der Waals surface area contributed by atoms with Crippen LogP contribution in [0.25, 0.3) is 22.0 Å². The van der Waals surface area contributed by atoms with Crippen molar-refractivity contribution in [3.05, 3.63) is 96.0 Å². The molecule has 2 N–H and O–H groups in total. The Labute approximate surface area is 239 Å². The van der Waals surface area contributed by atoms with Gasteiger partial charge in [0, 0.05) is 47.3 Å². The first-order valence-corrected chi connectivity index (χ1v) is 13.6. The first-order valence-electron chi connectivity index (χ1n) is 14.1. The van der Waals surface area contributed by atoms with Gasteiger partial charge in [-0.15, -0.1) is 5.10 Å². The van der Waals surface area contributed by atoms with E-state index in [1.54, 1.807) is 41.6 Å². The summed E-state index contributed by atoms with van der Waals surface area (Å²) in [5.74, 6) is -0.392. The Morgan fingerprint density at radius 1 is 1.17 bits per heavy atom. The number of fused-ring (bicyclic) bond motifs is 1. The second-order valence-electron chi connectivity index (χ2n) is 11.6. The summed E-state index contributed by atoms with van der Waals surface area (Å²) in [7, 11) is 0. The maximum absolute atomic E-state index is 13.9. The third-order valence-electron chi connectivity index (χ3n) is 6.95. The lowest BCUT2D eigenvalue weighted by Crippen LogP contribution is -2.20. The molecule has 1 fully saturated rings. The van der Waals surface area contributed by atoms with Crippen molar-refractivity contribution in [2.24, 2.45) is 5.41 Å². The maximum Gasteiger partial charge on any atom is 0.123 e. The Bertz CT molecular complexity index is 1790. The van der Waals surface area contributed by atoms with Gasteiger partial charge < -0.3 is 10.6 Å². The van der Waals surface area contributed by atoms with Crippen molar-refractivity contribution in [1.82, 2.24) is 25.0 Å². The van der Waals surface area contributed by atoms with Crippen LogP contribution in [-0.4, -0.2) is 31.5 Å². The average molecular weight is 548 g/mol. The zero-order valence-electron chi connectivity index (χ0n) is 24.2. The van der Waals surface area contributed by atoms with Crippen LogP contribution in [0.5, 0.6) is 0 Å². The van der Waals surface area contributed by atoms with Crippen LogP contribution >= 0.6 is 0 Å². The molecule has 0 radical (unpaired) electrons. The number of hydrogen-bond donors (Lipinski definition) is 2. The van der Waals surface area contributed by atoms with Crippen molar-refractivity contribution in [1.29, 1.82) is 5.26 Å². The molecule has 1 saturated carbocycles. The number of nitrogens with one attached hydrogen (secondary N) is 2. The molecule has 3 aromatic heterocycles. The van der Waals surface area contributed by atoms with Crippen LogP contribution < -0.4 is 10.6 Å². The molecule has 0 amide bonds. The van der Waals surface area contributed by atoms with Gasteiger partial charge >= 0.3 is 0 Å². The van der Waals surface area contributed by atoms with Crippen LogP contribution in [0.3, 0.4) is 0 Å². The Kier molecular flexibility index (Phi) is 6.51. The summed E-state index contributed by atoms with van der Waals surface area (Å²) >= 11 is 0. The lowest BCUT2D eigenvalue weighted by molar-refractivity contribution is 0.443. The summed E-state index contributed by atoms with van der Waals surface area (Å²) in [5.41, 5.74) is 4.85. The van der Waals surface area contributed by atoms with Gasteiger partial charge in [-0.05, 0) is 54.2 Å². The highest BCUT2D eigenvalue weighted by molar-refractivity contribution is 6.04. The number of pyridine rings is 2. The largest absolute Gasteiger partial charge is 0.383 e. The minimum absolute atomic E-state index is 0.0450. The van der Waals surface area contributed by atoms with Gasteiger partial charge in [0.05, 0.1) is 36.4 Å². The highest BCUT2D eigenvalue weighted by Gasteiger charge is 2.27. The topological polar surface area (TPSA) is 104 Å². The molecule has 41 heavy (non-hydrogen) atoms. The highest BCUT2D eigenvalue weighted by atomic mass is 19.1. The number of halogens is 1. The average Bonchev–Trinajstić information content (AvgIpc) is 3.71. The number of nitrogens with zero attached hydrogens (tertiary/aromatic N) is 6. The third kappa shape index (κ3) is 5.73. The molecule has 2 aromatic carbocycles. The smallest absolute Gasteiger partial charge is 0.123 e. The summed E-state index contributed by atoms with van der Waals surface area (Å²) in [6.07, 6.45) is 8.89. The first-order chi connectivity index (χ1) is 20.1. The standard InChI is InChI=1S/C32H31FN8/c1-32(2,3)19-37-29-22(15-34)17-36-31-26(21-5-4-12-35-16-21)13-24(14-27(29)31)38-30(20-6-8-23(33)9-7-20)28-18-41(40-39-28)25-10-11-25/h4-9,12-14,16-18,25,30,38H,10-11,19H2,1-3H3,(H,36,37)/i30D. The predicted octanol–water partition coefficient (Wildman–Crippen LogP) is 6.89. The molecule has 9 heteroatoms. The van der Waals surface area contributed by atoms with Crippen LogP contribution in [0.4, 0.5) is 15.8 Å². The monoisotopic (exact) mass is 547 g/mol. The Morgan fingerprint density at radius 2 is 1.98 bits per heavy atom. The van der Waals surface area contributed by atoms with E-state index in [0.29, 0.717) is 40.3 Å². The van der Waals surface area contributed by atoms with Crippen molar-refractivity contribution in [3.8, 4) is 17.2 Å². The van der Waals surface area contributed by atoms with Crippen molar-refractivity contribution >= 4 is 22.3 Å². The molecule has 0 saturated heterocycles. The van der Waals surface area contributed by atoms with E-state index >= 15 is 0 Å². The van der Waals surface area contributed by atoms with E-state index in [1.165, 1.54) is 12.1 Å². The molecule has 206 valence electrons. The molecule has 5 aromatic rings. The molecular weight excluding hydrogens is 515 g/mol. The molecule has 0 bridgehead atoms. The lowest BCUT2D eigenvalue weighted by Gasteiger charge is -2.23. The minimum atomic E-state index is -1.60. The zero-order chi connectivity index (χ0) is 29.5. The highest BCUT2D eigenvalue weighted by Crippen LogP contribution is 2.39. The zero-order valence-corrected chi connectivity index (χ0v) is 23.2. The van der Waals surface area contributed by atoms with E-state index in [4.69, 9.17) is 4.98 Å². The molecule has 8 nitrogen and oxygen atoms in total. The van der Waals surface area contributed by atoms with E-state index in [0.717, 1.165) is 29.4 Å². The first kappa shape index (κ1) is 25.1. The SMILES string of the molecule is [2H]C(Nc1cc(-c2cccnc2)c2ncc(C#N)c(NCC(C)(C)C)c2c1)(c1ccc(F)cc1)c1cn(C2CC2)nn1. The van der Waals surface area contributed by atoms with Crippen molar-refractivity contribution in [2.45, 2.75) is 45.7 Å². The Balaban J connectivity index is 1.55. The number of aromatic nitrogens is 5. The van der Waals surface area contributed by atoms with E-state index in [1.807, 2.05) is 24.3 Å². The third-order valence-corrected chi connectivity index (χ3v) is 6.95. The van der Waals surface area contributed by atoms with E-state index in [-0.39, 0.29) is 11.5 Å². The second kappa shape index (κ2) is 10.6. The number of anilines is 2. The predicted molar refractivity (Wildman–Crippen MR) is 158 cm³/mol. The fourth-order valence-corrected chi connectivity index (χ4v) is 4.70. The van der Waals surface area contributed by atoms with E-state index in [9.17, 15) is 11.0 Å². The normalized spacial score (nSPS) is 15.1. The van der Waals surface area contributed by atoms with Crippen molar-refractivity contribution < 1.29 is 5.76 Å². The van der Waals surface area contributed by atoms with Crippen LogP contribution in [0.1, 0.15) is 63.9 Å². The lowest BCUT2D eigenvalue weighted by atomic mass is 9.95. The molecular formula is C32H31FN8. The van der Waals surface area contributed by atoms with Gasteiger partial charge in [-0.1, -0.05) is 44.2 Å². The molecule has 0 aliphatic heterocycles. The fourth-order valence-electron chi connectivity index (χ4n) is 4.70. The molecule has 1 atom stereocenters. The Hall–Kier alpha value is -4.84. The van der Waals surface area contributed by atoms with Crippen molar-refractivity contribution in [2.75, 3.05) is 17.2 Å². The Morgan fingerprint density at radius 3 is 2.66 bits per heavy atom. The van der Waals surface area contributed by atoms with Gasteiger partial charge in [-0.3, -0.25) is 9.97 Å². The van der Waals surface area contributed by atoms with E-state index < -0.39 is 11.8 Å². The van der Waals surface area contributed by atoms with Crippen molar-refractivity contribution in [3.63, 3.8) is 0 Å². The molecule has 6 rings (SSSR count). The maximum atomic E-state index is 13.9. The van der Waals surface area contributed by atoms with Crippen LogP contribution in [0.15, 0.2) is 73.3 Å². The van der Waals surface area contributed by atoms with Crippen LogP contribution in [0, 0.1) is 22.6 Å². The van der Waals surface area contributed by atoms with Gasteiger partial charge in [-0.25, -0.2) is 9.07 Å². The molecule has 0 spiro atoms. The second-order valence-corrected chi connectivity index (χ2v) is 11.6. The molecule has 1 unspecified atom stereocenters. The molecule has 3 heterocycles. The summed E-state index contributed by atoms with van der Waals surface area (Å²) < 4.78 is 25.5. The number of nitriles is 1. The number of benzene rings is 2. The summed E-state index contributed by atoms with van der Waals surface area (Å²) in [4.78, 5) is 9.01. The van der Waals surface area contributed by atoms with Gasteiger partial charge in [0.15, 0.2) is 0 Å². The quantitative estimate of drug-likeness (QED) is 0.218.